The van der Waals surface area contributed by atoms with Crippen LogP contribution in [0.1, 0.15) is 31.4 Å². The zero-order valence-corrected chi connectivity index (χ0v) is 13.2. The first-order valence-electron chi connectivity index (χ1n) is 7.00. The van der Waals surface area contributed by atoms with E-state index in [1.54, 1.807) is 12.1 Å². The van der Waals surface area contributed by atoms with Gasteiger partial charge in [0, 0.05) is 19.2 Å². The molecular weight excluding hydrogens is 325 g/mol. The molecule has 3 nitrogen and oxygen atoms in total. The van der Waals surface area contributed by atoms with E-state index in [0.717, 1.165) is 12.2 Å². The van der Waals surface area contributed by atoms with Gasteiger partial charge in [-0.3, -0.25) is 0 Å². The van der Waals surface area contributed by atoms with Crippen LogP contribution in [-0.4, -0.2) is 31.0 Å². The van der Waals surface area contributed by atoms with Gasteiger partial charge in [0.25, 0.3) is 0 Å². The number of hydrogen-bond acceptors (Lipinski definition) is 3. The summed E-state index contributed by atoms with van der Waals surface area (Å²) in [5.41, 5.74) is 0.976. The normalized spacial score (nSPS) is 18.0. The fourth-order valence-electron chi connectivity index (χ4n) is 1.93. The van der Waals surface area contributed by atoms with Gasteiger partial charge in [0.05, 0.1) is 17.2 Å². The summed E-state index contributed by atoms with van der Waals surface area (Å²) >= 11 is 3.18. The van der Waals surface area contributed by atoms with E-state index in [1.165, 1.54) is 18.9 Å². The third-order valence-electron chi connectivity index (χ3n) is 3.46. The van der Waals surface area contributed by atoms with Gasteiger partial charge in [0.1, 0.15) is 5.82 Å². The van der Waals surface area contributed by atoms with Crippen molar-refractivity contribution in [2.24, 2.45) is 5.92 Å². The van der Waals surface area contributed by atoms with Crippen molar-refractivity contribution >= 4 is 15.9 Å². The topological polar surface area (TPSA) is 41.5 Å². The zero-order valence-electron chi connectivity index (χ0n) is 11.6. The van der Waals surface area contributed by atoms with E-state index in [0.29, 0.717) is 23.5 Å². The molecule has 2 N–H and O–H groups in total. The first-order chi connectivity index (χ1) is 9.56. The number of ether oxygens (including phenoxy) is 1. The Kier molecular flexibility index (Phi) is 5.96. The second kappa shape index (κ2) is 7.50. The largest absolute Gasteiger partial charge is 0.389 e. The Balaban J connectivity index is 1.69. The Bertz CT molecular complexity index is 440. The monoisotopic (exact) mass is 345 g/mol. The van der Waals surface area contributed by atoms with Crippen molar-refractivity contribution in [2.75, 3.05) is 19.8 Å². The highest BCUT2D eigenvalue weighted by Crippen LogP contribution is 2.28. The Morgan fingerprint density at radius 2 is 2.25 bits per heavy atom. The predicted molar refractivity (Wildman–Crippen MR) is 80.1 cm³/mol. The minimum Gasteiger partial charge on any atom is -0.389 e. The second-order valence-electron chi connectivity index (χ2n) is 5.44. The molecule has 1 aliphatic carbocycles. The second-order valence-corrected chi connectivity index (χ2v) is 6.29. The quantitative estimate of drug-likeness (QED) is 0.760. The number of hydrogen-bond donors (Lipinski definition) is 2. The van der Waals surface area contributed by atoms with Gasteiger partial charge < -0.3 is 15.2 Å². The van der Waals surface area contributed by atoms with E-state index < -0.39 is 6.10 Å². The highest BCUT2D eigenvalue weighted by atomic mass is 79.9. The third kappa shape index (κ3) is 5.13. The highest BCUT2D eigenvalue weighted by molar-refractivity contribution is 9.10. The van der Waals surface area contributed by atoms with E-state index in [-0.39, 0.29) is 11.9 Å². The summed E-state index contributed by atoms with van der Waals surface area (Å²) in [6.07, 6.45) is 2.00. The van der Waals surface area contributed by atoms with Gasteiger partial charge in [-0.15, -0.1) is 0 Å². The minimum absolute atomic E-state index is 0.0463. The Labute approximate surface area is 127 Å². The van der Waals surface area contributed by atoms with Gasteiger partial charge in [-0.2, -0.15) is 0 Å². The lowest BCUT2D eigenvalue weighted by Crippen LogP contribution is -2.32. The van der Waals surface area contributed by atoms with Crippen LogP contribution in [0.25, 0.3) is 0 Å². The van der Waals surface area contributed by atoms with Gasteiger partial charge in [-0.05, 0) is 59.3 Å². The summed E-state index contributed by atoms with van der Waals surface area (Å²) in [7, 11) is 0. The maximum atomic E-state index is 13.2. The molecule has 2 rings (SSSR count). The molecule has 0 aliphatic heterocycles. The fraction of sp³-hybridized carbons (Fsp3) is 0.600. The number of nitrogens with one attached hydrogen (secondary N) is 1. The van der Waals surface area contributed by atoms with Crippen LogP contribution in [0, 0.1) is 11.7 Å². The van der Waals surface area contributed by atoms with Crippen LogP contribution < -0.4 is 5.32 Å². The average molecular weight is 346 g/mol. The summed E-state index contributed by atoms with van der Waals surface area (Å²) < 4.78 is 19.1. The maximum absolute atomic E-state index is 13.2. The van der Waals surface area contributed by atoms with Gasteiger partial charge in [-0.25, -0.2) is 4.39 Å². The van der Waals surface area contributed by atoms with Crippen molar-refractivity contribution in [2.45, 2.75) is 31.9 Å². The van der Waals surface area contributed by atoms with E-state index >= 15 is 0 Å². The number of halogens is 2. The van der Waals surface area contributed by atoms with E-state index in [4.69, 9.17) is 4.74 Å². The molecule has 2 atom stereocenters. The Morgan fingerprint density at radius 3 is 2.90 bits per heavy atom. The molecule has 0 aromatic heterocycles. The molecule has 1 aromatic rings. The van der Waals surface area contributed by atoms with Crippen LogP contribution in [0.3, 0.4) is 0 Å². The van der Waals surface area contributed by atoms with E-state index in [2.05, 4.69) is 21.2 Å². The Morgan fingerprint density at radius 1 is 1.50 bits per heavy atom. The smallest absolute Gasteiger partial charge is 0.137 e. The molecule has 0 radical (unpaired) electrons. The van der Waals surface area contributed by atoms with Crippen molar-refractivity contribution in [3.63, 3.8) is 0 Å². The highest BCUT2D eigenvalue weighted by Gasteiger charge is 2.21. The number of aliphatic hydroxyl groups is 1. The molecule has 0 amide bonds. The summed E-state index contributed by atoms with van der Waals surface area (Å²) in [5, 5.41) is 13.0. The number of rotatable bonds is 8. The van der Waals surface area contributed by atoms with E-state index in [9.17, 15) is 9.50 Å². The van der Waals surface area contributed by atoms with Crippen molar-refractivity contribution < 1.29 is 14.2 Å². The van der Waals surface area contributed by atoms with Crippen LogP contribution in [0.5, 0.6) is 0 Å². The summed E-state index contributed by atoms with van der Waals surface area (Å²) in [5.74, 6) is 0.445. The lowest BCUT2D eigenvalue weighted by atomic mass is 10.1. The third-order valence-corrected chi connectivity index (χ3v) is 4.07. The predicted octanol–water partition coefficient (Wildman–Crippen LogP) is 3.03. The van der Waals surface area contributed by atoms with Crippen molar-refractivity contribution in [3.05, 3.63) is 34.1 Å². The standard InChI is InChI=1S/C15H21BrFNO2/c1-10(12-4-5-15(17)14(16)6-12)18-7-13(19)9-20-8-11-2-3-11/h4-6,10-11,13,18-19H,2-3,7-9H2,1H3. The maximum Gasteiger partial charge on any atom is 0.137 e. The molecule has 0 saturated heterocycles. The summed E-state index contributed by atoms with van der Waals surface area (Å²) in [4.78, 5) is 0. The molecule has 0 bridgehead atoms. The molecule has 0 spiro atoms. The van der Waals surface area contributed by atoms with Crippen LogP contribution in [-0.2, 0) is 4.74 Å². The zero-order chi connectivity index (χ0) is 14.5. The fourth-order valence-corrected chi connectivity index (χ4v) is 2.32. The molecule has 1 saturated carbocycles. The number of benzene rings is 1. The van der Waals surface area contributed by atoms with Gasteiger partial charge in [0.2, 0.25) is 0 Å². The lowest BCUT2D eigenvalue weighted by molar-refractivity contribution is 0.0315. The van der Waals surface area contributed by atoms with Crippen molar-refractivity contribution in [3.8, 4) is 0 Å². The molecule has 1 fully saturated rings. The number of aliphatic hydroxyl groups excluding tert-OH is 1. The van der Waals surface area contributed by atoms with Crippen LogP contribution >= 0.6 is 15.9 Å². The van der Waals surface area contributed by atoms with Gasteiger partial charge in [-0.1, -0.05) is 6.07 Å². The van der Waals surface area contributed by atoms with Crippen LogP contribution in [0.15, 0.2) is 22.7 Å². The average Bonchev–Trinajstić information content (AvgIpc) is 3.23. The molecule has 1 aromatic carbocycles. The Hall–Kier alpha value is -0.490. The summed E-state index contributed by atoms with van der Waals surface area (Å²) in [6, 6.07) is 4.98. The van der Waals surface area contributed by atoms with Crippen LogP contribution in [0.4, 0.5) is 4.39 Å². The van der Waals surface area contributed by atoms with Crippen molar-refractivity contribution in [1.82, 2.24) is 5.32 Å². The van der Waals surface area contributed by atoms with Gasteiger partial charge in [0.15, 0.2) is 0 Å². The van der Waals surface area contributed by atoms with Crippen LogP contribution in [0.2, 0.25) is 0 Å². The minimum atomic E-state index is -0.514. The first-order valence-corrected chi connectivity index (χ1v) is 7.79. The SMILES string of the molecule is CC(NCC(O)COCC1CC1)c1ccc(F)c(Br)c1. The van der Waals surface area contributed by atoms with E-state index in [1.807, 2.05) is 6.92 Å². The molecule has 2 unspecified atom stereocenters. The molecule has 0 heterocycles. The lowest BCUT2D eigenvalue weighted by Gasteiger charge is -2.18. The van der Waals surface area contributed by atoms with Crippen molar-refractivity contribution in [1.29, 1.82) is 0 Å². The molecule has 1 aliphatic rings. The molecule has 112 valence electrons. The summed E-state index contributed by atoms with van der Waals surface area (Å²) in [6.45, 7) is 3.57. The molecular formula is C15H21BrFNO2. The first kappa shape index (κ1) is 15.9. The van der Waals surface area contributed by atoms with Gasteiger partial charge >= 0.3 is 0 Å². The molecule has 5 heteroatoms. The molecule has 20 heavy (non-hydrogen) atoms.